The topological polar surface area (TPSA) is 92.3 Å². The van der Waals surface area contributed by atoms with Crippen LogP contribution >= 0.6 is 0 Å². The van der Waals surface area contributed by atoms with Crippen LogP contribution in [-0.2, 0) is 4.79 Å². The molecule has 0 unspecified atom stereocenters. The summed E-state index contributed by atoms with van der Waals surface area (Å²) in [6, 6.07) is 9.08. The van der Waals surface area contributed by atoms with E-state index in [0.717, 1.165) is 6.07 Å². The highest BCUT2D eigenvalue weighted by Crippen LogP contribution is 2.20. The molecule has 3 amide bonds. The molecular weight excluding hydrogens is 303 g/mol. The van der Waals surface area contributed by atoms with E-state index in [2.05, 4.69) is 5.32 Å². The first-order valence-electron chi connectivity index (χ1n) is 6.56. The monoisotopic (exact) mass is 312 g/mol. The molecule has 2 aromatic carbocycles. The minimum absolute atomic E-state index is 0.00774. The maximum absolute atomic E-state index is 13.1. The molecule has 7 heteroatoms. The van der Waals surface area contributed by atoms with Crippen molar-refractivity contribution >= 4 is 29.2 Å². The number of carbonyl (C=O) groups excluding carboxylic acids is 4. The summed E-state index contributed by atoms with van der Waals surface area (Å²) in [4.78, 5) is 46.7. The van der Waals surface area contributed by atoms with Crippen molar-refractivity contribution in [2.24, 2.45) is 0 Å². The minimum atomic E-state index is -0.987. The Hall–Kier alpha value is -3.35. The fourth-order valence-corrected chi connectivity index (χ4v) is 2.19. The number of halogens is 1. The molecule has 3 rings (SSSR count). The van der Waals surface area contributed by atoms with Crippen LogP contribution < -0.4 is 10.6 Å². The molecule has 0 atom stereocenters. The summed E-state index contributed by atoms with van der Waals surface area (Å²) in [5.41, 5.74) is 0.322. The van der Waals surface area contributed by atoms with Crippen LogP contribution in [0.4, 0.5) is 10.1 Å². The van der Waals surface area contributed by atoms with Crippen LogP contribution in [0.3, 0.4) is 0 Å². The maximum Gasteiger partial charge on any atom is 0.299 e. The van der Waals surface area contributed by atoms with E-state index in [4.69, 9.17) is 0 Å². The van der Waals surface area contributed by atoms with E-state index in [0.29, 0.717) is 0 Å². The molecule has 114 valence electrons. The van der Waals surface area contributed by atoms with E-state index in [1.807, 2.05) is 5.32 Å². The largest absolute Gasteiger partial charge is 0.322 e. The van der Waals surface area contributed by atoms with Gasteiger partial charge >= 0.3 is 0 Å². The Morgan fingerprint density at radius 2 is 1.74 bits per heavy atom. The Labute approximate surface area is 129 Å². The predicted octanol–water partition coefficient (Wildman–Crippen LogP) is 1.53. The van der Waals surface area contributed by atoms with Gasteiger partial charge < -0.3 is 5.32 Å². The average Bonchev–Trinajstić information content (AvgIpc) is 2.53. The first-order valence-corrected chi connectivity index (χ1v) is 6.56. The molecule has 2 N–H and O–H groups in total. The summed E-state index contributed by atoms with van der Waals surface area (Å²) >= 11 is 0. The Morgan fingerprint density at radius 3 is 2.48 bits per heavy atom. The first kappa shape index (κ1) is 14.6. The van der Waals surface area contributed by atoms with Crippen molar-refractivity contribution in [3.63, 3.8) is 0 Å². The summed E-state index contributed by atoms with van der Waals surface area (Å²) in [7, 11) is 0. The molecule has 0 saturated heterocycles. The molecule has 1 aliphatic heterocycles. The van der Waals surface area contributed by atoms with E-state index in [1.165, 1.54) is 36.4 Å². The number of ketones is 1. The second-order valence-corrected chi connectivity index (χ2v) is 4.84. The maximum atomic E-state index is 13.1. The lowest BCUT2D eigenvalue weighted by molar-refractivity contribution is -0.116. The third kappa shape index (κ3) is 2.71. The van der Waals surface area contributed by atoms with Crippen molar-refractivity contribution < 1.29 is 23.6 Å². The number of hydrogen-bond acceptors (Lipinski definition) is 4. The van der Waals surface area contributed by atoms with E-state index in [-0.39, 0.29) is 22.4 Å². The van der Waals surface area contributed by atoms with Crippen LogP contribution in [0.2, 0.25) is 0 Å². The number of fused-ring (bicyclic) bond motifs is 1. The quantitative estimate of drug-likeness (QED) is 0.650. The number of nitrogens with one attached hydrogen (secondary N) is 2. The van der Waals surface area contributed by atoms with Crippen molar-refractivity contribution in [2.45, 2.75) is 0 Å². The van der Waals surface area contributed by atoms with Gasteiger partial charge in [-0.3, -0.25) is 24.5 Å². The van der Waals surface area contributed by atoms with Crippen LogP contribution in [-0.4, -0.2) is 23.5 Å². The third-order valence-corrected chi connectivity index (χ3v) is 3.29. The lowest BCUT2D eigenvalue weighted by Crippen LogP contribution is -2.42. The molecule has 0 fully saturated rings. The zero-order valence-corrected chi connectivity index (χ0v) is 11.6. The number of Topliss-reactive ketones (excluding diaryl/α,β-unsaturated/α-hetero) is 1. The molecule has 6 nitrogen and oxygen atoms in total. The van der Waals surface area contributed by atoms with Gasteiger partial charge in [-0.15, -0.1) is 0 Å². The van der Waals surface area contributed by atoms with Crippen molar-refractivity contribution in [1.82, 2.24) is 5.32 Å². The molecule has 0 radical (unpaired) electrons. The lowest BCUT2D eigenvalue weighted by atomic mass is 9.98. The number of anilines is 1. The highest BCUT2D eigenvalue weighted by molar-refractivity contribution is 6.49. The average molecular weight is 312 g/mol. The van der Waals surface area contributed by atoms with Crippen molar-refractivity contribution in [3.8, 4) is 0 Å². The Kier molecular flexibility index (Phi) is 3.46. The number of benzene rings is 2. The van der Waals surface area contributed by atoms with Crippen LogP contribution in [0.5, 0.6) is 0 Å². The lowest BCUT2D eigenvalue weighted by Gasteiger charge is -2.15. The van der Waals surface area contributed by atoms with Gasteiger partial charge in [0.2, 0.25) is 0 Å². The number of carbonyl (C=O) groups is 4. The van der Waals surface area contributed by atoms with Crippen molar-refractivity contribution in [3.05, 3.63) is 65.0 Å². The second kappa shape index (κ2) is 5.45. The van der Waals surface area contributed by atoms with Crippen LogP contribution in [0.15, 0.2) is 42.5 Å². The van der Waals surface area contributed by atoms with E-state index in [1.54, 1.807) is 0 Å². The molecule has 0 spiro atoms. The summed E-state index contributed by atoms with van der Waals surface area (Å²) < 4.78 is 13.1. The fourth-order valence-electron chi connectivity index (χ4n) is 2.19. The summed E-state index contributed by atoms with van der Waals surface area (Å²) in [6.07, 6.45) is 0. The van der Waals surface area contributed by atoms with Gasteiger partial charge in [0, 0.05) is 16.8 Å². The number of imide groups is 1. The standard InChI is InChI=1S/C16H9FN2O4/c17-9-3-1-2-8(6-9)14(21)18-10-4-5-11-12(7-10)15(22)19-16(23)13(11)20/h1-7H,(H,18,21)(H,19,22,23). The fraction of sp³-hybridized carbons (Fsp3) is 0. The summed E-state index contributed by atoms with van der Waals surface area (Å²) in [6.45, 7) is 0. The molecular formula is C16H9FN2O4. The highest BCUT2D eigenvalue weighted by atomic mass is 19.1. The molecule has 1 aliphatic rings. The Bertz CT molecular complexity index is 876. The summed E-state index contributed by atoms with van der Waals surface area (Å²) in [5, 5.41) is 4.42. The second-order valence-electron chi connectivity index (χ2n) is 4.84. The number of amides is 3. The van der Waals surface area contributed by atoms with E-state index < -0.39 is 29.3 Å². The SMILES string of the molecule is O=C1NC(=O)c2cc(NC(=O)c3cccc(F)c3)ccc2C1=O. The zero-order valence-electron chi connectivity index (χ0n) is 11.6. The van der Waals surface area contributed by atoms with E-state index >= 15 is 0 Å². The third-order valence-electron chi connectivity index (χ3n) is 3.29. The molecule has 2 aromatic rings. The molecule has 0 aliphatic carbocycles. The Morgan fingerprint density at radius 1 is 0.957 bits per heavy atom. The van der Waals surface area contributed by atoms with Gasteiger partial charge in [0.25, 0.3) is 23.5 Å². The van der Waals surface area contributed by atoms with Crippen molar-refractivity contribution in [1.29, 1.82) is 0 Å². The van der Waals surface area contributed by atoms with Crippen LogP contribution in [0.25, 0.3) is 0 Å². The van der Waals surface area contributed by atoms with Crippen LogP contribution in [0.1, 0.15) is 31.1 Å². The molecule has 23 heavy (non-hydrogen) atoms. The Balaban J connectivity index is 1.89. The van der Waals surface area contributed by atoms with Crippen molar-refractivity contribution in [2.75, 3.05) is 5.32 Å². The van der Waals surface area contributed by atoms with Crippen LogP contribution in [0, 0.1) is 5.82 Å². The number of hydrogen-bond donors (Lipinski definition) is 2. The smallest absolute Gasteiger partial charge is 0.299 e. The summed E-state index contributed by atoms with van der Waals surface area (Å²) in [5.74, 6) is -3.64. The van der Waals surface area contributed by atoms with Gasteiger partial charge in [-0.05, 0) is 36.4 Å². The zero-order chi connectivity index (χ0) is 16.6. The van der Waals surface area contributed by atoms with Gasteiger partial charge in [0.15, 0.2) is 0 Å². The molecule has 0 aromatic heterocycles. The van der Waals surface area contributed by atoms with Gasteiger partial charge in [0.1, 0.15) is 5.82 Å². The van der Waals surface area contributed by atoms with Gasteiger partial charge in [-0.1, -0.05) is 6.07 Å². The molecule has 1 heterocycles. The number of rotatable bonds is 2. The highest BCUT2D eigenvalue weighted by Gasteiger charge is 2.30. The molecule has 0 bridgehead atoms. The molecule has 0 saturated carbocycles. The van der Waals surface area contributed by atoms with Gasteiger partial charge in [0.05, 0.1) is 5.56 Å². The van der Waals surface area contributed by atoms with Gasteiger partial charge in [-0.25, -0.2) is 4.39 Å². The first-order chi connectivity index (χ1) is 11.0. The normalized spacial score (nSPS) is 13.3. The predicted molar refractivity (Wildman–Crippen MR) is 77.6 cm³/mol. The van der Waals surface area contributed by atoms with Gasteiger partial charge in [-0.2, -0.15) is 0 Å². The minimum Gasteiger partial charge on any atom is -0.322 e. The van der Waals surface area contributed by atoms with E-state index in [9.17, 15) is 23.6 Å².